The second kappa shape index (κ2) is 10.1. The highest BCUT2D eigenvalue weighted by atomic mass is 16.5. The summed E-state index contributed by atoms with van der Waals surface area (Å²) in [7, 11) is 1.40. The van der Waals surface area contributed by atoms with Gasteiger partial charge in [-0.05, 0) is 36.1 Å². The lowest BCUT2D eigenvalue weighted by Crippen LogP contribution is -2.66. The molecule has 1 aliphatic carbocycles. The summed E-state index contributed by atoms with van der Waals surface area (Å²) in [5.74, 6) is -1.88. The molecule has 2 aliphatic rings. The van der Waals surface area contributed by atoms with Gasteiger partial charge in [-0.2, -0.15) is 0 Å². The number of ether oxygens (including phenoxy) is 3. The third-order valence-corrected chi connectivity index (χ3v) is 6.63. The highest BCUT2D eigenvalue weighted by Gasteiger charge is 2.46. The van der Waals surface area contributed by atoms with Gasteiger partial charge >= 0.3 is 12.1 Å². The van der Waals surface area contributed by atoms with E-state index < -0.39 is 35.7 Å². The van der Waals surface area contributed by atoms with Crippen LogP contribution in [0.2, 0.25) is 0 Å². The number of alkyl carbamates (subject to hydrolysis) is 1. The lowest BCUT2D eigenvalue weighted by molar-refractivity contribution is -0.168. The van der Waals surface area contributed by atoms with Crippen molar-refractivity contribution in [3.63, 3.8) is 0 Å². The van der Waals surface area contributed by atoms with Gasteiger partial charge in [0.05, 0.1) is 19.3 Å². The molecule has 3 atom stereocenters. The van der Waals surface area contributed by atoms with Gasteiger partial charge in [0.15, 0.2) is 6.04 Å². The summed E-state index contributed by atoms with van der Waals surface area (Å²) in [6.45, 7) is 3.32. The molecule has 9 heteroatoms. The molecule has 1 saturated heterocycles. The fourth-order valence-electron chi connectivity index (χ4n) is 5.00. The molecule has 0 aromatic heterocycles. The van der Waals surface area contributed by atoms with Crippen molar-refractivity contribution in [1.82, 2.24) is 10.2 Å². The molecule has 3 unspecified atom stereocenters. The Balaban J connectivity index is 1.49. The van der Waals surface area contributed by atoms with Crippen molar-refractivity contribution < 1.29 is 33.7 Å². The number of hydrogen-bond donors (Lipinski definition) is 2. The van der Waals surface area contributed by atoms with Gasteiger partial charge in [0.1, 0.15) is 12.1 Å². The topological polar surface area (TPSA) is 114 Å². The second-order valence-corrected chi connectivity index (χ2v) is 9.07. The monoisotopic (exact) mass is 482 g/mol. The number of rotatable bonds is 7. The highest BCUT2D eigenvalue weighted by Crippen LogP contribution is 2.44. The van der Waals surface area contributed by atoms with Gasteiger partial charge < -0.3 is 29.5 Å². The zero-order valence-electron chi connectivity index (χ0n) is 20.0. The van der Waals surface area contributed by atoms with Crippen LogP contribution in [0.1, 0.15) is 30.9 Å². The number of carboxylic acids is 1. The van der Waals surface area contributed by atoms with E-state index in [1.807, 2.05) is 48.5 Å². The van der Waals surface area contributed by atoms with Crippen LogP contribution in [-0.2, 0) is 23.8 Å². The molecule has 2 N–H and O–H groups in total. The maximum atomic E-state index is 13.5. The van der Waals surface area contributed by atoms with E-state index in [2.05, 4.69) is 5.32 Å². The zero-order chi connectivity index (χ0) is 25.2. The molecular formula is C26H30N2O7. The Bertz CT molecular complexity index is 1070. The van der Waals surface area contributed by atoms with Crippen LogP contribution in [0.5, 0.6) is 0 Å². The van der Waals surface area contributed by atoms with Crippen LogP contribution in [0.3, 0.4) is 0 Å². The summed E-state index contributed by atoms with van der Waals surface area (Å²) in [6.07, 6.45) is -1.47. The van der Waals surface area contributed by atoms with Gasteiger partial charge in [-0.15, -0.1) is 0 Å². The van der Waals surface area contributed by atoms with Gasteiger partial charge in [-0.1, -0.05) is 48.5 Å². The quantitative estimate of drug-likeness (QED) is 0.624. The third kappa shape index (κ3) is 4.74. The standard InChI is InChI=1S/C26H30N2O7/c1-16-22(23(29)30)28(12-13-34-16)24(31)26(2,15-33-3)27-25(32)35-14-21-19-10-6-4-8-17(19)18-9-5-7-11-20(18)21/h4-11,16,21-22H,12-15H2,1-3H3,(H,27,32)(H,29,30). The number of aliphatic carboxylic acids is 1. The number of benzene rings is 2. The normalized spacial score (nSPS) is 20.9. The van der Waals surface area contributed by atoms with Crippen LogP contribution < -0.4 is 5.32 Å². The van der Waals surface area contributed by atoms with Crippen molar-refractivity contribution >= 4 is 18.0 Å². The first-order chi connectivity index (χ1) is 16.8. The Kier molecular flexibility index (Phi) is 7.09. The first-order valence-electron chi connectivity index (χ1n) is 11.5. The van der Waals surface area contributed by atoms with E-state index in [1.54, 1.807) is 6.92 Å². The van der Waals surface area contributed by atoms with Gasteiger partial charge in [0.25, 0.3) is 5.91 Å². The summed E-state index contributed by atoms with van der Waals surface area (Å²) >= 11 is 0. The number of morpholine rings is 1. The Morgan fingerprint density at radius 1 is 1.11 bits per heavy atom. The molecule has 1 aliphatic heterocycles. The second-order valence-electron chi connectivity index (χ2n) is 9.07. The van der Waals surface area contributed by atoms with Crippen molar-refractivity contribution in [2.45, 2.75) is 37.5 Å². The first kappa shape index (κ1) is 24.7. The Labute approximate surface area is 204 Å². The van der Waals surface area contributed by atoms with E-state index in [-0.39, 0.29) is 32.3 Å². The van der Waals surface area contributed by atoms with Crippen molar-refractivity contribution in [3.8, 4) is 11.1 Å². The predicted molar refractivity (Wildman–Crippen MR) is 127 cm³/mol. The van der Waals surface area contributed by atoms with Crippen molar-refractivity contribution in [2.24, 2.45) is 0 Å². The van der Waals surface area contributed by atoms with Gasteiger partial charge in [-0.3, -0.25) is 4.79 Å². The average molecular weight is 483 g/mol. The molecule has 2 aromatic rings. The van der Waals surface area contributed by atoms with Crippen LogP contribution in [0.25, 0.3) is 11.1 Å². The Hall–Kier alpha value is -3.43. The lowest BCUT2D eigenvalue weighted by atomic mass is 9.98. The molecule has 1 fully saturated rings. The van der Waals surface area contributed by atoms with Crippen molar-refractivity contribution in [1.29, 1.82) is 0 Å². The fraction of sp³-hybridized carbons (Fsp3) is 0.423. The highest BCUT2D eigenvalue weighted by molar-refractivity contribution is 5.93. The molecule has 0 spiro atoms. The minimum Gasteiger partial charge on any atom is -0.480 e. The van der Waals surface area contributed by atoms with E-state index >= 15 is 0 Å². The first-order valence-corrected chi connectivity index (χ1v) is 11.5. The largest absolute Gasteiger partial charge is 0.480 e. The summed E-state index contributed by atoms with van der Waals surface area (Å²) < 4.78 is 16.2. The maximum Gasteiger partial charge on any atom is 0.408 e. The number of nitrogens with one attached hydrogen (secondary N) is 1. The molecule has 2 amide bonds. The molecule has 9 nitrogen and oxygen atoms in total. The van der Waals surface area contributed by atoms with Crippen LogP contribution in [0.15, 0.2) is 48.5 Å². The minimum absolute atomic E-state index is 0.0868. The van der Waals surface area contributed by atoms with Crippen LogP contribution >= 0.6 is 0 Å². The number of amides is 2. The number of carboxylic acid groups (broad SMARTS) is 1. The molecule has 1 heterocycles. The molecule has 186 valence electrons. The van der Waals surface area contributed by atoms with Gasteiger partial charge in [0, 0.05) is 19.6 Å². The molecule has 2 aromatic carbocycles. The Morgan fingerprint density at radius 3 is 2.29 bits per heavy atom. The molecule has 4 rings (SSSR count). The molecule has 0 radical (unpaired) electrons. The van der Waals surface area contributed by atoms with Crippen LogP contribution in [0, 0.1) is 0 Å². The zero-order valence-corrected chi connectivity index (χ0v) is 20.0. The molecule has 0 bridgehead atoms. The van der Waals surface area contributed by atoms with E-state index in [1.165, 1.54) is 18.9 Å². The number of carbonyl (C=O) groups excluding carboxylic acids is 2. The van der Waals surface area contributed by atoms with E-state index in [4.69, 9.17) is 14.2 Å². The number of methoxy groups -OCH3 is 1. The predicted octanol–water partition coefficient (Wildman–Crippen LogP) is 2.63. The van der Waals surface area contributed by atoms with Crippen molar-refractivity contribution in [2.75, 3.05) is 33.5 Å². The summed E-state index contributed by atoms with van der Waals surface area (Å²) in [5.41, 5.74) is 2.84. The fourth-order valence-corrected chi connectivity index (χ4v) is 5.00. The number of fused-ring (bicyclic) bond motifs is 3. The summed E-state index contributed by atoms with van der Waals surface area (Å²) in [5, 5.41) is 12.3. The molecular weight excluding hydrogens is 452 g/mol. The van der Waals surface area contributed by atoms with Crippen LogP contribution in [-0.4, -0.2) is 79.1 Å². The van der Waals surface area contributed by atoms with E-state index in [0.29, 0.717) is 0 Å². The maximum absolute atomic E-state index is 13.5. The van der Waals surface area contributed by atoms with Gasteiger partial charge in [-0.25, -0.2) is 9.59 Å². The van der Waals surface area contributed by atoms with E-state index in [0.717, 1.165) is 22.3 Å². The summed E-state index contributed by atoms with van der Waals surface area (Å²) in [4.78, 5) is 39.4. The molecule has 0 saturated carbocycles. The Morgan fingerprint density at radius 2 is 1.71 bits per heavy atom. The van der Waals surface area contributed by atoms with Crippen LogP contribution in [0.4, 0.5) is 4.79 Å². The number of carbonyl (C=O) groups is 3. The van der Waals surface area contributed by atoms with Gasteiger partial charge in [0.2, 0.25) is 0 Å². The van der Waals surface area contributed by atoms with E-state index in [9.17, 15) is 19.5 Å². The minimum atomic E-state index is -1.53. The van der Waals surface area contributed by atoms with Crippen molar-refractivity contribution in [3.05, 3.63) is 59.7 Å². The third-order valence-electron chi connectivity index (χ3n) is 6.63. The smallest absolute Gasteiger partial charge is 0.408 e. The lowest BCUT2D eigenvalue weighted by Gasteiger charge is -2.41. The number of hydrogen-bond acceptors (Lipinski definition) is 6. The SMILES string of the molecule is COCC(C)(NC(=O)OCC1c2ccccc2-c2ccccc21)C(=O)N1CCOC(C)C1C(=O)O. The molecule has 35 heavy (non-hydrogen) atoms. The number of nitrogens with zero attached hydrogens (tertiary/aromatic N) is 1. The average Bonchev–Trinajstić information content (AvgIpc) is 3.15. The summed E-state index contributed by atoms with van der Waals surface area (Å²) in [6, 6.07) is 14.8.